The normalized spacial score (nSPS) is 21.5. The maximum absolute atomic E-state index is 11.6. The maximum atomic E-state index is 11.6. The number of halogens is 1. The Morgan fingerprint density at radius 2 is 2.09 bits per heavy atom. The molecule has 1 saturated carbocycles. The number of rotatable bonds is 4. The molecule has 4 N–H and O–H groups in total. The molecule has 1 aliphatic carbocycles. The van der Waals surface area contributed by atoms with Crippen molar-refractivity contribution < 1.29 is 14.6 Å². The maximum Gasteiger partial charge on any atom is 0.409 e. The lowest BCUT2D eigenvalue weighted by atomic mass is 9.80. The van der Waals surface area contributed by atoms with Crippen molar-refractivity contribution >= 4 is 36.0 Å². The Kier molecular flexibility index (Phi) is 7.67. The zero-order chi connectivity index (χ0) is 15.3. The molecule has 0 bridgehead atoms. The summed E-state index contributed by atoms with van der Waals surface area (Å²) < 4.78 is 4.98. The Bertz CT molecular complexity index is 394. The summed E-state index contributed by atoms with van der Waals surface area (Å²) in [7, 11) is 0. The molecule has 0 aromatic carbocycles. The van der Waals surface area contributed by atoms with E-state index in [1.54, 1.807) is 11.8 Å². The van der Waals surface area contributed by atoms with E-state index in [-0.39, 0.29) is 36.1 Å². The minimum absolute atomic E-state index is 0. The quantitative estimate of drug-likeness (QED) is 0.355. The largest absolute Gasteiger partial charge is 0.450 e. The topological polar surface area (TPSA) is 100 Å². The van der Waals surface area contributed by atoms with Crippen LogP contribution in [0.4, 0.5) is 4.79 Å². The van der Waals surface area contributed by atoms with E-state index in [9.17, 15) is 9.90 Å². The first-order chi connectivity index (χ1) is 10.0. The van der Waals surface area contributed by atoms with Gasteiger partial charge in [-0.25, -0.2) is 4.79 Å². The Hall–Kier alpha value is -0.770. The number of aliphatic hydroxyl groups is 1. The van der Waals surface area contributed by atoms with Crippen LogP contribution in [0.2, 0.25) is 0 Å². The van der Waals surface area contributed by atoms with Gasteiger partial charge in [-0.05, 0) is 39.0 Å². The van der Waals surface area contributed by atoms with Crippen LogP contribution in [0.3, 0.4) is 0 Å². The molecule has 0 aromatic heterocycles. The number of carbonyl (C=O) groups excluding carboxylic acids is 1. The van der Waals surface area contributed by atoms with E-state index in [4.69, 9.17) is 10.5 Å². The first-order valence-electron chi connectivity index (χ1n) is 7.73. The number of hydrogen-bond acceptors (Lipinski definition) is 4. The van der Waals surface area contributed by atoms with Crippen LogP contribution in [-0.4, -0.2) is 59.9 Å². The number of piperidine rings is 1. The summed E-state index contributed by atoms with van der Waals surface area (Å²) in [5.74, 6) is 0.380. The van der Waals surface area contributed by atoms with Gasteiger partial charge in [0.05, 0.1) is 18.8 Å². The van der Waals surface area contributed by atoms with Gasteiger partial charge in [-0.2, -0.15) is 0 Å². The average Bonchev–Trinajstić information content (AvgIpc) is 2.44. The van der Waals surface area contributed by atoms with Gasteiger partial charge in [0.1, 0.15) is 0 Å². The van der Waals surface area contributed by atoms with Gasteiger partial charge in [-0.3, -0.25) is 4.99 Å². The number of guanidine groups is 1. The summed E-state index contributed by atoms with van der Waals surface area (Å²) in [5, 5.41) is 13.1. The molecule has 2 rings (SSSR count). The molecular formula is C14H27IN4O3. The fourth-order valence-electron chi connectivity index (χ4n) is 2.65. The van der Waals surface area contributed by atoms with Crippen molar-refractivity contribution in [3.05, 3.63) is 0 Å². The zero-order valence-electron chi connectivity index (χ0n) is 13.1. The Morgan fingerprint density at radius 1 is 1.45 bits per heavy atom. The highest BCUT2D eigenvalue weighted by atomic mass is 127. The van der Waals surface area contributed by atoms with E-state index in [1.165, 1.54) is 0 Å². The third kappa shape index (κ3) is 5.45. The van der Waals surface area contributed by atoms with Crippen molar-refractivity contribution in [3.63, 3.8) is 0 Å². The average molecular weight is 426 g/mol. The molecule has 1 aliphatic heterocycles. The third-order valence-electron chi connectivity index (χ3n) is 4.20. The number of aliphatic imine (C=N–C) groups is 1. The number of nitrogens with two attached hydrogens (primary N) is 1. The van der Waals surface area contributed by atoms with Crippen LogP contribution >= 0.6 is 24.0 Å². The summed E-state index contributed by atoms with van der Waals surface area (Å²) in [6, 6.07) is 0.218. The SMILES string of the molecule is CCOC(=O)N1CCC(NC(N)=NCC2(O)CCC2)CC1.I. The third-order valence-corrected chi connectivity index (χ3v) is 4.20. The second-order valence-corrected chi connectivity index (χ2v) is 5.88. The molecule has 8 heteroatoms. The van der Waals surface area contributed by atoms with E-state index in [0.29, 0.717) is 32.2 Å². The summed E-state index contributed by atoms with van der Waals surface area (Å²) in [5.41, 5.74) is 5.22. The van der Waals surface area contributed by atoms with Gasteiger partial charge >= 0.3 is 6.09 Å². The van der Waals surface area contributed by atoms with E-state index < -0.39 is 5.60 Å². The Morgan fingerprint density at radius 3 is 2.59 bits per heavy atom. The molecule has 2 fully saturated rings. The van der Waals surface area contributed by atoms with Crippen LogP contribution in [-0.2, 0) is 4.74 Å². The van der Waals surface area contributed by atoms with E-state index in [0.717, 1.165) is 32.1 Å². The summed E-state index contributed by atoms with van der Waals surface area (Å²) in [6.07, 6.45) is 4.07. The van der Waals surface area contributed by atoms with E-state index in [1.807, 2.05) is 0 Å². The summed E-state index contributed by atoms with van der Waals surface area (Å²) in [4.78, 5) is 17.5. The lowest BCUT2D eigenvalue weighted by Crippen LogP contribution is -2.49. The Labute approximate surface area is 148 Å². The number of likely N-dealkylation sites (tertiary alicyclic amines) is 1. The van der Waals surface area contributed by atoms with Gasteiger partial charge < -0.3 is 25.8 Å². The fraction of sp³-hybridized carbons (Fsp3) is 0.857. The first kappa shape index (κ1) is 19.3. The van der Waals surface area contributed by atoms with Gasteiger partial charge in [0.2, 0.25) is 0 Å². The lowest BCUT2D eigenvalue weighted by Gasteiger charge is -2.35. The number of nitrogens with zero attached hydrogens (tertiary/aromatic N) is 2. The molecule has 7 nitrogen and oxygen atoms in total. The van der Waals surface area contributed by atoms with Gasteiger partial charge in [-0.1, -0.05) is 0 Å². The Balaban J connectivity index is 0.00000242. The van der Waals surface area contributed by atoms with Crippen LogP contribution in [0.5, 0.6) is 0 Å². The number of hydrogen-bond donors (Lipinski definition) is 3. The molecule has 128 valence electrons. The van der Waals surface area contributed by atoms with Crippen LogP contribution in [0.1, 0.15) is 39.0 Å². The van der Waals surface area contributed by atoms with Crippen molar-refractivity contribution in [2.24, 2.45) is 10.7 Å². The highest BCUT2D eigenvalue weighted by Gasteiger charge is 2.34. The molecule has 2 aliphatic rings. The molecule has 1 heterocycles. The molecule has 1 amide bonds. The monoisotopic (exact) mass is 426 g/mol. The zero-order valence-corrected chi connectivity index (χ0v) is 15.4. The molecule has 0 spiro atoms. The predicted octanol–water partition coefficient (Wildman–Crippen LogP) is 1.04. The van der Waals surface area contributed by atoms with Gasteiger partial charge in [0.15, 0.2) is 5.96 Å². The van der Waals surface area contributed by atoms with Gasteiger partial charge in [0, 0.05) is 19.1 Å². The highest BCUT2D eigenvalue weighted by molar-refractivity contribution is 14.0. The smallest absolute Gasteiger partial charge is 0.409 e. The molecule has 0 atom stereocenters. The number of carbonyl (C=O) groups is 1. The van der Waals surface area contributed by atoms with Crippen molar-refractivity contribution in [2.45, 2.75) is 50.7 Å². The second kappa shape index (κ2) is 8.76. The number of ether oxygens (including phenoxy) is 1. The van der Waals surface area contributed by atoms with Crippen molar-refractivity contribution in [3.8, 4) is 0 Å². The van der Waals surface area contributed by atoms with Crippen LogP contribution in [0.15, 0.2) is 4.99 Å². The number of nitrogens with one attached hydrogen (secondary N) is 1. The molecule has 0 radical (unpaired) electrons. The van der Waals surface area contributed by atoms with Crippen molar-refractivity contribution in [1.82, 2.24) is 10.2 Å². The van der Waals surface area contributed by atoms with Crippen molar-refractivity contribution in [1.29, 1.82) is 0 Å². The molecule has 0 unspecified atom stereocenters. The van der Waals surface area contributed by atoms with Gasteiger partial charge in [-0.15, -0.1) is 24.0 Å². The van der Waals surface area contributed by atoms with E-state index >= 15 is 0 Å². The highest BCUT2D eigenvalue weighted by Crippen LogP contribution is 2.31. The summed E-state index contributed by atoms with van der Waals surface area (Å²) >= 11 is 0. The molecular weight excluding hydrogens is 399 g/mol. The van der Waals surface area contributed by atoms with Crippen molar-refractivity contribution in [2.75, 3.05) is 26.2 Å². The lowest BCUT2D eigenvalue weighted by molar-refractivity contribution is -0.0236. The van der Waals surface area contributed by atoms with Crippen LogP contribution < -0.4 is 11.1 Å². The van der Waals surface area contributed by atoms with E-state index in [2.05, 4.69) is 10.3 Å². The van der Waals surface area contributed by atoms with Gasteiger partial charge in [0.25, 0.3) is 0 Å². The van der Waals surface area contributed by atoms with Crippen LogP contribution in [0.25, 0.3) is 0 Å². The molecule has 1 saturated heterocycles. The van der Waals surface area contributed by atoms with Crippen LogP contribution in [0, 0.1) is 0 Å². The molecule has 22 heavy (non-hydrogen) atoms. The minimum Gasteiger partial charge on any atom is -0.450 e. The second-order valence-electron chi connectivity index (χ2n) is 5.88. The molecule has 0 aromatic rings. The minimum atomic E-state index is -0.639. The number of amides is 1. The first-order valence-corrected chi connectivity index (χ1v) is 7.73. The standard InChI is InChI=1S/C14H26N4O3.HI/c1-2-21-13(19)18-8-4-11(5-9-18)17-12(15)16-10-14(20)6-3-7-14;/h11,20H,2-10H2,1H3,(H3,15,16,17);1H. The summed E-state index contributed by atoms with van der Waals surface area (Å²) in [6.45, 7) is 3.90. The fourth-order valence-corrected chi connectivity index (χ4v) is 2.65. The predicted molar refractivity (Wildman–Crippen MR) is 95.5 cm³/mol.